The van der Waals surface area contributed by atoms with Crippen molar-refractivity contribution < 1.29 is 9.59 Å². The fraction of sp³-hybridized carbons (Fsp3) is 0.263. The van der Waals surface area contributed by atoms with Crippen LogP contribution in [0.3, 0.4) is 0 Å². The van der Waals surface area contributed by atoms with Crippen molar-refractivity contribution in [2.75, 3.05) is 5.32 Å². The standard InChI is InChI=1S/C19H21ClN2O2/c1-11(2)21-18(23)14-6-5-7-15(10-14)19(24)22-17-13(4)8-12(3)9-16(17)20/h5-11H,1-4H3,(H,21,23)(H,22,24). The summed E-state index contributed by atoms with van der Waals surface area (Å²) in [5.41, 5.74) is 3.36. The van der Waals surface area contributed by atoms with Crippen molar-refractivity contribution in [2.24, 2.45) is 0 Å². The SMILES string of the molecule is Cc1cc(C)c(NC(=O)c2cccc(C(=O)NC(C)C)c2)c(Cl)c1. The second-order valence-electron chi connectivity index (χ2n) is 6.10. The molecule has 0 atom stereocenters. The monoisotopic (exact) mass is 344 g/mol. The highest BCUT2D eigenvalue weighted by Gasteiger charge is 2.14. The van der Waals surface area contributed by atoms with Crippen LogP contribution in [-0.2, 0) is 0 Å². The van der Waals surface area contributed by atoms with Crippen molar-refractivity contribution in [1.82, 2.24) is 5.32 Å². The Morgan fingerprint density at radius 2 is 1.62 bits per heavy atom. The lowest BCUT2D eigenvalue weighted by molar-refractivity contribution is 0.0943. The molecule has 2 amide bonds. The molecule has 2 aromatic rings. The molecule has 0 unspecified atom stereocenters. The minimum Gasteiger partial charge on any atom is -0.350 e. The molecule has 0 aliphatic heterocycles. The molecular weight excluding hydrogens is 324 g/mol. The van der Waals surface area contributed by atoms with Gasteiger partial charge >= 0.3 is 0 Å². The number of aryl methyl sites for hydroxylation is 2. The smallest absolute Gasteiger partial charge is 0.255 e. The lowest BCUT2D eigenvalue weighted by Gasteiger charge is -2.12. The fourth-order valence-electron chi connectivity index (χ4n) is 2.41. The van der Waals surface area contributed by atoms with Gasteiger partial charge in [-0.2, -0.15) is 0 Å². The van der Waals surface area contributed by atoms with E-state index in [1.54, 1.807) is 30.3 Å². The number of amides is 2. The maximum absolute atomic E-state index is 12.5. The third-order valence-corrected chi connectivity index (χ3v) is 3.78. The summed E-state index contributed by atoms with van der Waals surface area (Å²) >= 11 is 6.23. The molecular formula is C19H21ClN2O2. The minimum atomic E-state index is -0.303. The normalized spacial score (nSPS) is 10.6. The lowest BCUT2D eigenvalue weighted by Crippen LogP contribution is -2.30. The van der Waals surface area contributed by atoms with Crippen molar-refractivity contribution in [3.05, 3.63) is 63.7 Å². The van der Waals surface area contributed by atoms with E-state index in [2.05, 4.69) is 10.6 Å². The van der Waals surface area contributed by atoms with Gasteiger partial charge in [0.2, 0.25) is 0 Å². The first-order valence-corrected chi connectivity index (χ1v) is 8.14. The van der Waals surface area contributed by atoms with E-state index in [0.29, 0.717) is 21.8 Å². The predicted octanol–water partition coefficient (Wildman–Crippen LogP) is 4.35. The Kier molecular flexibility index (Phi) is 5.62. The highest BCUT2D eigenvalue weighted by atomic mass is 35.5. The number of hydrogen-bond acceptors (Lipinski definition) is 2. The number of anilines is 1. The summed E-state index contributed by atoms with van der Waals surface area (Å²) in [5.74, 6) is -0.507. The molecule has 0 aliphatic rings. The van der Waals surface area contributed by atoms with Gasteiger partial charge in [-0.3, -0.25) is 9.59 Å². The maximum Gasteiger partial charge on any atom is 0.255 e. The van der Waals surface area contributed by atoms with Crippen LogP contribution in [0.2, 0.25) is 5.02 Å². The molecule has 0 radical (unpaired) electrons. The summed E-state index contributed by atoms with van der Waals surface area (Å²) in [6.07, 6.45) is 0. The number of benzene rings is 2. The van der Waals surface area contributed by atoms with Gasteiger partial charge in [-0.15, -0.1) is 0 Å². The van der Waals surface area contributed by atoms with Crippen LogP contribution < -0.4 is 10.6 Å². The number of carbonyl (C=O) groups excluding carboxylic acids is 2. The van der Waals surface area contributed by atoms with E-state index < -0.39 is 0 Å². The molecule has 0 spiro atoms. The third-order valence-electron chi connectivity index (χ3n) is 3.48. The van der Waals surface area contributed by atoms with E-state index in [-0.39, 0.29) is 17.9 Å². The zero-order valence-corrected chi connectivity index (χ0v) is 15.0. The summed E-state index contributed by atoms with van der Waals surface area (Å²) in [5, 5.41) is 6.13. The molecule has 0 saturated carbocycles. The Labute approximate surface area is 147 Å². The molecule has 24 heavy (non-hydrogen) atoms. The molecule has 0 fully saturated rings. The van der Waals surface area contributed by atoms with Gasteiger partial charge in [-0.05, 0) is 63.1 Å². The molecule has 126 valence electrons. The Morgan fingerprint density at radius 3 is 2.21 bits per heavy atom. The zero-order valence-electron chi connectivity index (χ0n) is 14.2. The average Bonchev–Trinajstić information content (AvgIpc) is 2.50. The first-order chi connectivity index (χ1) is 11.3. The van der Waals surface area contributed by atoms with Gasteiger partial charge in [0.05, 0.1) is 10.7 Å². The quantitative estimate of drug-likeness (QED) is 0.866. The molecule has 0 aliphatic carbocycles. The fourth-order valence-corrected chi connectivity index (χ4v) is 2.78. The molecule has 0 saturated heterocycles. The van der Waals surface area contributed by atoms with Gasteiger partial charge in [-0.25, -0.2) is 0 Å². The van der Waals surface area contributed by atoms with E-state index in [1.807, 2.05) is 33.8 Å². The van der Waals surface area contributed by atoms with Crippen LogP contribution in [-0.4, -0.2) is 17.9 Å². The van der Waals surface area contributed by atoms with Crippen LogP contribution in [0.4, 0.5) is 5.69 Å². The number of carbonyl (C=O) groups is 2. The second-order valence-corrected chi connectivity index (χ2v) is 6.51. The third kappa shape index (κ3) is 4.36. The van der Waals surface area contributed by atoms with Gasteiger partial charge < -0.3 is 10.6 Å². The summed E-state index contributed by atoms with van der Waals surface area (Å²) in [6.45, 7) is 7.61. The molecule has 0 heterocycles. The largest absolute Gasteiger partial charge is 0.350 e. The Balaban J connectivity index is 2.24. The summed E-state index contributed by atoms with van der Waals surface area (Å²) < 4.78 is 0. The van der Waals surface area contributed by atoms with Crippen LogP contribution in [0, 0.1) is 13.8 Å². The maximum atomic E-state index is 12.5. The predicted molar refractivity (Wildman–Crippen MR) is 97.9 cm³/mol. The van der Waals surface area contributed by atoms with Crippen molar-refractivity contribution >= 4 is 29.1 Å². The van der Waals surface area contributed by atoms with Crippen molar-refractivity contribution in [1.29, 1.82) is 0 Å². The average molecular weight is 345 g/mol. The van der Waals surface area contributed by atoms with E-state index in [1.165, 1.54) is 0 Å². The van der Waals surface area contributed by atoms with E-state index in [0.717, 1.165) is 11.1 Å². The zero-order chi connectivity index (χ0) is 17.9. The van der Waals surface area contributed by atoms with Crippen LogP contribution in [0.5, 0.6) is 0 Å². The first kappa shape index (κ1) is 18.0. The molecule has 2 aromatic carbocycles. The van der Waals surface area contributed by atoms with Crippen molar-refractivity contribution in [3.8, 4) is 0 Å². The van der Waals surface area contributed by atoms with E-state index in [9.17, 15) is 9.59 Å². The van der Waals surface area contributed by atoms with E-state index in [4.69, 9.17) is 11.6 Å². The Bertz CT molecular complexity index is 762. The van der Waals surface area contributed by atoms with Gasteiger partial charge in [0, 0.05) is 17.2 Å². The molecule has 4 nitrogen and oxygen atoms in total. The van der Waals surface area contributed by atoms with Crippen molar-refractivity contribution in [2.45, 2.75) is 33.7 Å². The van der Waals surface area contributed by atoms with Crippen molar-refractivity contribution in [3.63, 3.8) is 0 Å². The van der Waals surface area contributed by atoms with Crippen LogP contribution >= 0.6 is 11.6 Å². The van der Waals surface area contributed by atoms with Gasteiger partial charge in [0.15, 0.2) is 0 Å². The minimum absolute atomic E-state index is 0.0315. The Hall–Kier alpha value is -2.33. The first-order valence-electron chi connectivity index (χ1n) is 7.77. The number of halogens is 1. The molecule has 5 heteroatoms. The lowest BCUT2D eigenvalue weighted by atomic mass is 10.1. The molecule has 0 bridgehead atoms. The van der Waals surface area contributed by atoms with Gasteiger partial charge in [0.25, 0.3) is 11.8 Å². The van der Waals surface area contributed by atoms with Crippen LogP contribution in [0.25, 0.3) is 0 Å². The second kappa shape index (κ2) is 7.49. The summed E-state index contributed by atoms with van der Waals surface area (Å²) in [7, 11) is 0. The van der Waals surface area contributed by atoms with Gasteiger partial charge in [-0.1, -0.05) is 23.7 Å². The number of nitrogens with one attached hydrogen (secondary N) is 2. The number of rotatable bonds is 4. The number of hydrogen-bond donors (Lipinski definition) is 2. The molecule has 0 aromatic heterocycles. The topological polar surface area (TPSA) is 58.2 Å². The van der Waals surface area contributed by atoms with Crippen LogP contribution in [0.15, 0.2) is 36.4 Å². The van der Waals surface area contributed by atoms with E-state index >= 15 is 0 Å². The molecule has 2 rings (SSSR count). The summed E-state index contributed by atoms with van der Waals surface area (Å²) in [4.78, 5) is 24.6. The molecule has 2 N–H and O–H groups in total. The summed E-state index contributed by atoms with van der Waals surface area (Å²) in [6, 6.07) is 10.4. The highest BCUT2D eigenvalue weighted by Crippen LogP contribution is 2.27. The van der Waals surface area contributed by atoms with Gasteiger partial charge in [0.1, 0.15) is 0 Å². The van der Waals surface area contributed by atoms with Crippen LogP contribution in [0.1, 0.15) is 45.7 Å². The highest BCUT2D eigenvalue weighted by molar-refractivity contribution is 6.34. The Morgan fingerprint density at radius 1 is 1.00 bits per heavy atom.